The van der Waals surface area contributed by atoms with Crippen LogP contribution in [0.15, 0.2) is 67.3 Å². The molecule has 0 atom stereocenters. The second-order valence-electron chi connectivity index (χ2n) is 6.70. The van der Waals surface area contributed by atoms with Crippen molar-refractivity contribution in [1.29, 1.82) is 0 Å². The Morgan fingerprint density at radius 3 is 2.55 bits per heavy atom. The van der Waals surface area contributed by atoms with Crippen LogP contribution in [0.1, 0.15) is 5.56 Å². The van der Waals surface area contributed by atoms with Crippen LogP contribution < -0.4 is 4.90 Å². The fraction of sp³-hybridized carbons (Fsp3) is 0.182. The summed E-state index contributed by atoms with van der Waals surface area (Å²) in [5.74, 6) is 0.516. The highest BCUT2D eigenvalue weighted by Gasteiger charge is 2.21. The summed E-state index contributed by atoms with van der Waals surface area (Å²) in [5, 5.41) is 0. The quantitative estimate of drug-likeness (QED) is 0.642. The number of hydrogen-bond donors (Lipinski definition) is 0. The van der Waals surface area contributed by atoms with Gasteiger partial charge in [-0.1, -0.05) is 6.07 Å². The Morgan fingerprint density at radius 2 is 1.83 bits per heavy atom. The molecule has 6 nitrogen and oxygen atoms in total. The van der Waals surface area contributed by atoms with Crippen molar-refractivity contribution in [1.82, 2.24) is 19.9 Å². The molecular weight excluding hydrogens is 369 g/mol. The Kier molecular flexibility index (Phi) is 5.56. The molecule has 29 heavy (non-hydrogen) atoms. The smallest absolute Gasteiger partial charge is 0.246 e. The standard InChI is InChI=1S/C22H20FN5O/c23-19-6-4-18(5-7-19)20-14-21(26-16-25-20)27-10-12-28(13-11-27)22(29)8-3-17-2-1-9-24-15-17/h1-9,14-16H,10-13H2/b8-3-. The summed E-state index contributed by atoms with van der Waals surface area (Å²) in [6, 6.07) is 11.9. The number of aromatic nitrogens is 3. The van der Waals surface area contributed by atoms with Gasteiger partial charge in [-0.05, 0) is 42.0 Å². The zero-order valence-electron chi connectivity index (χ0n) is 15.8. The highest BCUT2D eigenvalue weighted by Crippen LogP contribution is 2.22. The molecular formula is C22H20FN5O. The van der Waals surface area contributed by atoms with Gasteiger partial charge in [0.1, 0.15) is 18.0 Å². The number of amides is 1. The Bertz CT molecular complexity index is 999. The maximum Gasteiger partial charge on any atom is 0.246 e. The summed E-state index contributed by atoms with van der Waals surface area (Å²) in [6.45, 7) is 2.61. The van der Waals surface area contributed by atoms with Gasteiger partial charge in [0, 0.05) is 56.3 Å². The molecule has 0 unspecified atom stereocenters. The van der Waals surface area contributed by atoms with E-state index in [1.165, 1.54) is 18.5 Å². The third-order valence-corrected chi connectivity index (χ3v) is 4.81. The van der Waals surface area contributed by atoms with Crippen LogP contribution >= 0.6 is 0 Å². The van der Waals surface area contributed by atoms with E-state index in [9.17, 15) is 9.18 Å². The summed E-state index contributed by atoms with van der Waals surface area (Å²) in [5.41, 5.74) is 2.48. The summed E-state index contributed by atoms with van der Waals surface area (Å²) < 4.78 is 13.1. The van der Waals surface area contributed by atoms with Crippen LogP contribution in [0.3, 0.4) is 0 Å². The Balaban J connectivity index is 1.38. The second-order valence-corrected chi connectivity index (χ2v) is 6.70. The van der Waals surface area contributed by atoms with Crippen molar-refractivity contribution in [3.63, 3.8) is 0 Å². The van der Waals surface area contributed by atoms with Gasteiger partial charge in [0.2, 0.25) is 5.91 Å². The van der Waals surface area contributed by atoms with Gasteiger partial charge in [0.05, 0.1) is 5.69 Å². The van der Waals surface area contributed by atoms with E-state index in [1.54, 1.807) is 36.7 Å². The number of pyridine rings is 1. The zero-order chi connectivity index (χ0) is 20.1. The number of anilines is 1. The first-order valence-electron chi connectivity index (χ1n) is 9.39. The van der Waals surface area contributed by atoms with Gasteiger partial charge in [0.15, 0.2) is 0 Å². The van der Waals surface area contributed by atoms with Crippen molar-refractivity contribution in [3.05, 3.63) is 78.6 Å². The molecule has 0 N–H and O–H groups in total. The van der Waals surface area contributed by atoms with Gasteiger partial charge >= 0.3 is 0 Å². The molecule has 1 amide bonds. The molecule has 1 saturated heterocycles. The van der Waals surface area contributed by atoms with E-state index in [0.717, 1.165) is 22.6 Å². The van der Waals surface area contributed by atoms with Crippen LogP contribution in [0.2, 0.25) is 0 Å². The van der Waals surface area contributed by atoms with Crippen LogP contribution in [-0.4, -0.2) is 51.9 Å². The Hall–Kier alpha value is -3.61. The van der Waals surface area contributed by atoms with Crippen LogP contribution in [0, 0.1) is 5.82 Å². The lowest BCUT2D eigenvalue weighted by molar-refractivity contribution is -0.126. The molecule has 1 aromatic carbocycles. The molecule has 0 saturated carbocycles. The molecule has 3 heterocycles. The van der Waals surface area contributed by atoms with Gasteiger partial charge in [-0.3, -0.25) is 9.78 Å². The minimum Gasteiger partial charge on any atom is -0.353 e. The third-order valence-electron chi connectivity index (χ3n) is 4.81. The lowest BCUT2D eigenvalue weighted by Gasteiger charge is -2.35. The molecule has 0 bridgehead atoms. The van der Waals surface area contributed by atoms with Crippen molar-refractivity contribution >= 4 is 17.8 Å². The van der Waals surface area contributed by atoms with Gasteiger partial charge in [-0.2, -0.15) is 0 Å². The molecule has 1 fully saturated rings. The fourth-order valence-electron chi connectivity index (χ4n) is 3.20. The normalized spacial score (nSPS) is 14.4. The van der Waals surface area contributed by atoms with Crippen LogP contribution in [-0.2, 0) is 4.79 Å². The Morgan fingerprint density at radius 1 is 1.03 bits per heavy atom. The summed E-state index contributed by atoms with van der Waals surface area (Å²) in [7, 11) is 0. The monoisotopic (exact) mass is 389 g/mol. The van der Waals surface area contributed by atoms with Crippen molar-refractivity contribution in [2.45, 2.75) is 0 Å². The molecule has 2 aromatic heterocycles. The Labute approximate surface area is 168 Å². The highest BCUT2D eigenvalue weighted by atomic mass is 19.1. The molecule has 1 aliphatic heterocycles. The van der Waals surface area contributed by atoms with Crippen LogP contribution in [0.5, 0.6) is 0 Å². The number of halogens is 1. The number of rotatable bonds is 4. The second kappa shape index (κ2) is 8.60. The number of hydrogen-bond acceptors (Lipinski definition) is 5. The van der Waals surface area contributed by atoms with E-state index < -0.39 is 0 Å². The van der Waals surface area contributed by atoms with Crippen molar-refractivity contribution in [2.75, 3.05) is 31.1 Å². The maximum absolute atomic E-state index is 13.1. The molecule has 3 aromatic rings. The first-order valence-corrected chi connectivity index (χ1v) is 9.39. The molecule has 0 radical (unpaired) electrons. The van der Waals surface area contributed by atoms with E-state index in [0.29, 0.717) is 26.2 Å². The lowest BCUT2D eigenvalue weighted by atomic mass is 10.1. The summed E-state index contributed by atoms with van der Waals surface area (Å²) >= 11 is 0. The minimum atomic E-state index is -0.276. The van der Waals surface area contributed by atoms with E-state index in [-0.39, 0.29) is 11.7 Å². The van der Waals surface area contributed by atoms with Crippen molar-refractivity contribution in [2.24, 2.45) is 0 Å². The van der Waals surface area contributed by atoms with Crippen molar-refractivity contribution in [3.8, 4) is 11.3 Å². The average Bonchev–Trinajstić information content (AvgIpc) is 2.79. The molecule has 0 aliphatic carbocycles. The molecule has 1 aliphatic rings. The largest absolute Gasteiger partial charge is 0.353 e. The van der Waals surface area contributed by atoms with Crippen molar-refractivity contribution < 1.29 is 9.18 Å². The van der Waals surface area contributed by atoms with E-state index in [4.69, 9.17) is 0 Å². The van der Waals surface area contributed by atoms with Crippen LogP contribution in [0.25, 0.3) is 17.3 Å². The van der Waals surface area contributed by atoms with E-state index in [1.807, 2.05) is 23.1 Å². The van der Waals surface area contributed by atoms with E-state index >= 15 is 0 Å². The summed E-state index contributed by atoms with van der Waals surface area (Å²) in [4.78, 5) is 29.1. The maximum atomic E-state index is 13.1. The highest BCUT2D eigenvalue weighted by molar-refractivity contribution is 5.91. The SMILES string of the molecule is O=C(/C=C\c1cccnc1)N1CCN(c2cc(-c3ccc(F)cc3)ncn2)CC1. The summed E-state index contributed by atoms with van der Waals surface area (Å²) in [6.07, 6.45) is 8.30. The zero-order valence-corrected chi connectivity index (χ0v) is 15.8. The third kappa shape index (κ3) is 4.63. The average molecular weight is 389 g/mol. The topological polar surface area (TPSA) is 62.2 Å². The molecule has 0 spiro atoms. The lowest BCUT2D eigenvalue weighted by Crippen LogP contribution is -2.48. The minimum absolute atomic E-state index is 0.0109. The van der Waals surface area contributed by atoms with E-state index in [2.05, 4.69) is 19.9 Å². The fourth-order valence-corrected chi connectivity index (χ4v) is 3.20. The molecule has 146 valence electrons. The number of carbonyl (C=O) groups excluding carboxylic acids is 1. The number of piperazine rings is 1. The number of benzene rings is 1. The number of nitrogens with zero attached hydrogens (tertiary/aromatic N) is 5. The molecule has 4 rings (SSSR count). The first-order chi connectivity index (χ1) is 14.2. The predicted molar refractivity (Wildman–Crippen MR) is 109 cm³/mol. The van der Waals surface area contributed by atoms with Gasteiger partial charge in [-0.15, -0.1) is 0 Å². The van der Waals surface area contributed by atoms with Gasteiger partial charge < -0.3 is 9.80 Å². The van der Waals surface area contributed by atoms with Gasteiger partial charge in [0.25, 0.3) is 0 Å². The van der Waals surface area contributed by atoms with Gasteiger partial charge in [-0.25, -0.2) is 14.4 Å². The number of carbonyl (C=O) groups is 1. The van der Waals surface area contributed by atoms with Crippen LogP contribution in [0.4, 0.5) is 10.2 Å². The predicted octanol–water partition coefficient (Wildman–Crippen LogP) is 3.04. The molecule has 7 heteroatoms. The first kappa shape index (κ1) is 18.7.